The van der Waals surface area contributed by atoms with Crippen LogP contribution < -0.4 is 10.1 Å². The fourth-order valence-corrected chi connectivity index (χ4v) is 1.81. The third kappa shape index (κ3) is 3.85. The summed E-state index contributed by atoms with van der Waals surface area (Å²) in [5, 5.41) is 3.14. The zero-order chi connectivity index (χ0) is 13.7. The van der Waals surface area contributed by atoms with Gasteiger partial charge in [-0.1, -0.05) is 0 Å². The van der Waals surface area contributed by atoms with Gasteiger partial charge in [0.2, 0.25) is 0 Å². The molecule has 1 fully saturated rings. The Morgan fingerprint density at radius 3 is 2.89 bits per heavy atom. The number of aromatic nitrogens is 1. The van der Waals surface area contributed by atoms with E-state index >= 15 is 0 Å². The minimum absolute atomic E-state index is 0.205. The first-order valence-electron chi connectivity index (χ1n) is 6.04. The number of pyridine rings is 1. The summed E-state index contributed by atoms with van der Waals surface area (Å²) in [6.07, 6.45) is -1.16. The summed E-state index contributed by atoms with van der Waals surface area (Å²) in [6, 6.07) is 2.85. The highest BCUT2D eigenvalue weighted by Gasteiger charge is 2.19. The number of hydrogen-bond acceptors (Lipinski definition) is 4. The van der Waals surface area contributed by atoms with Gasteiger partial charge in [-0.3, -0.25) is 9.78 Å². The highest BCUT2D eigenvalue weighted by Crippen LogP contribution is 2.14. The van der Waals surface area contributed by atoms with E-state index in [0.29, 0.717) is 13.1 Å². The van der Waals surface area contributed by atoms with E-state index in [4.69, 9.17) is 4.74 Å². The van der Waals surface area contributed by atoms with Crippen molar-refractivity contribution >= 4 is 5.91 Å². The van der Waals surface area contributed by atoms with Crippen molar-refractivity contribution in [1.82, 2.24) is 15.2 Å². The van der Waals surface area contributed by atoms with E-state index in [-0.39, 0.29) is 17.4 Å². The highest BCUT2D eigenvalue weighted by molar-refractivity contribution is 5.92. The topological polar surface area (TPSA) is 54.5 Å². The minimum atomic E-state index is -2.54. The number of carbonyl (C=O) groups is 1. The summed E-state index contributed by atoms with van der Waals surface area (Å²) in [6.45, 7) is 2.02. The molecule has 0 aliphatic carbocycles. The maximum Gasteiger partial charge on any atom is 0.272 e. The Balaban J connectivity index is 2.02. The lowest BCUT2D eigenvalue weighted by Crippen LogP contribution is -2.46. The van der Waals surface area contributed by atoms with Gasteiger partial charge in [-0.05, 0) is 6.07 Å². The smallest absolute Gasteiger partial charge is 0.272 e. The van der Waals surface area contributed by atoms with E-state index in [1.54, 1.807) is 4.90 Å². The number of nitrogens with zero attached hydrogens (tertiary/aromatic N) is 2. The summed E-state index contributed by atoms with van der Waals surface area (Å²) >= 11 is 0. The molecule has 0 saturated carbocycles. The molecule has 1 aliphatic rings. The maximum absolute atomic E-state index is 12.1. The maximum atomic E-state index is 12.1. The summed E-state index contributed by atoms with van der Waals surface area (Å²) < 4.78 is 29.0. The molecule has 104 valence electrons. The lowest BCUT2D eigenvalue weighted by Gasteiger charge is -2.27. The second-order valence-corrected chi connectivity index (χ2v) is 4.12. The van der Waals surface area contributed by atoms with Gasteiger partial charge in [-0.2, -0.15) is 0 Å². The quantitative estimate of drug-likeness (QED) is 0.879. The predicted octanol–water partition coefficient (Wildman–Crippen LogP) is 0.771. The van der Waals surface area contributed by atoms with Gasteiger partial charge in [0, 0.05) is 38.4 Å². The van der Waals surface area contributed by atoms with Gasteiger partial charge in [0.05, 0.1) is 0 Å². The average molecular weight is 271 g/mol. The molecule has 1 N–H and O–H groups in total. The molecule has 0 radical (unpaired) electrons. The van der Waals surface area contributed by atoms with Crippen molar-refractivity contribution in [2.45, 2.75) is 6.43 Å². The summed E-state index contributed by atoms with van der Waals surface area (Å²) in [5.74, 6) is 0.0257. The summed E-state index contributed by atoms with van der Waals surface area (Å²) in [5.41, 5.74) is 0.216. The normalized spacial score (nSPS) is 15.6. The van der Waals surface area contributed by atoms with Crippen LogP contribution in [0.1, 0.15) is 10.5 Å². The molecule has 2 rings (SSSR count). The van der Waals surface area contributed by atoms with Crippen molar-refractivity contribution < 1.29 is 18.3 Å². The van der Waals surface area contributed by atoms with Crippen LogP contribution in [-0.4, -0.2) is 55.0 Å². The zero-order valence-electron chi connectivity index (χ0n) is 10.3. The van der Waals surface area contributed by atoms with Gasteiger partial charge < -0.3 is 15.0 Å². The summed E-state index contributed by atoms with van der Waals surface area (Å²) in [7, 11) is 0. The van der Waals surface area contributed by atoms with Gasteiger partial charge in [-0.25, -0.2) is 8.78 Å². The van der Waals surface area contributed by atoms with E-state index < -0.39 is 13.0 Å². The summed E-state index contributed by atoms with van der Waals surface area (Å²) in [4.78, 5) is 17.8. The molecule has 1 amide bonds. The molecule has 1 aliphatic heterocycles. The van der Waals surface area contributed by atoms with Crippen LogP contribution in [0.25, 0.3) is 0 Å². The number of carbonyl (C=O) groups excluding carboxylic acids is 1. The largest absolute Gasteiger partial charge is 0.488 e. The molecular formula is C12H15F2N3O2. The molecule has 1 aromatic rings. The third-order valence-corrected chi connectivity index (χ3v) is 2.73. The standard InChI is InChI=1S/C12H15F2N3O2/c13-11(14)8-19-9-1-2-16-10(7-9)12(18)17-5-3-15-4-6-17/h1-2,7,11,15H,3-6,8H2. The van der Waals surface area contributed by atoms with E-state index in [0.717, 1.165) is 13.1 Å². The first-order chi connectivity index (χ1) is 9.16. The lowest BCUT2D eigenvalue weighted by atomic mass is 10.2. The Labute approximate surface area is 109 Å². The minimum Gasteiger partial charge on any atom is -0.488 e. The van der Waals surface area contributed by atoms with Crippen LogP contribution in [0.3, 0.4) is 0 Å². The Morgan fingerprint density at radius 1 is 1.47 bits per heavy atom. The zero-order valence-corrected chi connectivity index (χ0v) is 10.3. The van der Waals surface area contributed by atoms with E-state index in [1.165, 1.54) is 18.3 Å². The van der Waals surface area contributed by atoms with Crippen molar-refractivity contribution in [3.63, 3.8) is 0 Å². The molecule has 0 spiro atoms. The highest BCUT2D eigenvalue weighted by atomic mass is 19.3. The van der Waals surface area contributed by atoms with Crippen LogP contribution in [0.5, 0.6) is 5.75 Å². The van der Waals surface area contributed by atoms with Crippen LogP contribution in [0.15, 0.2) is 18.3 Å². The van der Waals surface area contributed by atoms with Gasteiger partial charge in [0.25, 0.3) is 12.3 Å². The van der Waals surface area contributed by atoms with Crippen LogP contribution in [0.4, 0.5) is 8.78 Å². The number of alkyl halides is 2. The molecule has 0 aromatic carbocycles. The lowest BCUT2D eigenvalue weighted by molar-refractivity contribution is 0.0727. The number of amides is 1. The van der Waals surface area contributed by atoms with E-state index in [1.807, 2.05) is 0 Å². The fraction of sp³-hybridized carbons (Fsp3) is 0.500. The van der Waals surface area contributed by atoms with Crippen molar-refractivity contribution in [2.75, 3.05) is 32.8 Å². The monoisotopic (exact) mass is 271 g/mol. The Bertz CT molecular complexity index is 437. The first kappa shape index (κ1) is 13.7. The van der Waals surface area contributed by atoms with E-state index in [2.05, 4.69) is 10.3 Å². The molecule has 0 unspecified atom stereocenters. The Morgan fingerprint density at radius 2 is 2.21 bits per heavy atom. The average Bonchev–Trinajstić information content (AvgIpc) is 2.45. The number of ether oxygens (including phenoxy) is 1. The molecule has 5 nitrogen and oxygen atoms in total. The van der Waals surface area contributed by atoms with Crippen molar-refractivity contribution in [1.29, 1.82) is 0 Å². The van der Waals surface area contributed by atoms with Crippen LogP contribution in [-0.2, 0) is 0 Å². The number of nitrogens with one attached hydrogen (secondary N) is 1. The number of rotatable bonds is 4. The first-order valence-corrected chi connectivity index (χ1v) is 6.04. The van der Waals surface area contributed by atoms with Crippen molar-refractivity contribution in [3.05, 3.63) is 24.0 Å². The number of piperazine rings is 1. The van der Waals surface area contributed by atoms with Gasteiger partial charge >= 0.3 is 0 Å². The SMILES string of the molecule is O=C(c1cc(OCC(F)F)ccn1)N1CCNCC1. The number of hydrogen-bond donors (Lipinski definition) is 1. The molecule has 0 atom stereocenters. The molecule has 7 heteroatoms. The second-order valence-electron chi connectivity index (χ2n) is 4.12. The van der Waals surface area contributed by atoms with Crippen LogP contribution in [0, 0.1) is 0 Å². The molecule has 19 heavy (non-hydrogen) atoms. The second kappa shape index (κ2) is 6.42. The van der Waals surface area contributed by atoms with Crippen molar-refractivity contribution in [2.24, 2.45) is 0 Å². The molecule has 1 saturated heterocycles. The van der Waals surface area contributed by atoms with Gasteiger partial charge in [0.15, 0.2) is 0 Å². The Hall–Kier alpha value is -1.76. The number of halogens is 2. The third-order valence-electron chi connectivity index (χ3n) is 2.73. The molecule has 1 aromatic heterocycles. The Kier molecular flexibility index (Phi) is 4.62. The van der Waals surface area contributed by atoms with E-state index in [9.17, 15) is 13.6 Å². The molecule has 0 bridgehead atoms. The van der Waals surface area contributed by atoms with Gasteiger partial charge in [-0.15, -0.1) is 0 Å². The molecular weight excluding hydrogens is 256 g/mol. The van der Waals surface area contributed by atoms with Gasteiger partial charge in [0.1, 0.15) is 18.1 Å². The predicted molar refractivity (Wildman–Crippen MR) is 64.5 cm³/mol. The van der Waals surface area contributed by atoms with Crippen molar-refractivity contribution in [3.8, 4) is 5.75 Å². The van der Waals surface area contributed by atoms with Crippen LogP contribution in [0.2, 0.25) is 0 Å². The van der Waals surface area contributed by atoms with Crippen LogP contribution >= 0.6 is 0 Å². The molecule has 2 heterocycles. The fourth-order valence-electron chi connectivity index (χ4n) is 1.81.